The summed E-state index contributed by atoms with van der Waals surface area (Å²) in [5, 5.41) is 0. The maximum atomic E-state index is 5.86. The number of nitrogens with two attached hydrogens (primary N) is 1. The van der Waals surface area contributed by atoms with Crippen molar-refractivity contribution in [3.8, 4) is 5.88 Å². The number of hydrogen-bond donors (Lipinski definition) is 1. The highest BCUT2D eigenvalue weighted by Gasteiger charge is 2.26. The number of rotatable bonds is 4. The number of aromatic nitrogens is 2. The number of anilines is 1. The molecule has 106 valence electrons. The highest BCUT2D eigenvalue weighted by molar-refractivity contribution is 5.42. The van der Waals surface area contributed by atoms with Crippen LogP contribution in [0.4, 0.5) is 5.82 Å². The van der Waals surface area contributed by atoms with E-state index in [1.54, 1.807) is 0 Å². The Morgan fingerprint density at radius 3 is 2.95 bits per heavy atom. The fraction of sp³-hybridized carbons (Fsp3) is 0.714. The van der Waals surface area contributed by atoms with Crippen LogP contribution in [0, 0.1) is 18.8 Å². The Hall–Kier alpha value is -1.36. The first kappa shape index (κ1) is 14.1. The third-order valence-electron chi connectivity index (χ3n) is 3.83. The molecule has 1 aromatic heterocycles. The van der Waals surface area contributed by atoms with Crippen LogP contribution in [-0.4, -0.2) is 36.2 Å². The van der Waals surface area contributed by atoms with Crippen molar-refractivity contribution >= 4 is 5.82 Å². The van der Waals surface area contributed by atoms with Crippen LogP contribution in [0.3, 0.4) is 0 Å². The van der Waals surface area contributed by atoms with Crippen molar-refractivity contribution in [3.05, 3.63) is 11.9 Å². The molecule has 0 spiro atoms. The normalized spacial score (nSPS) is 23.5. The zero-order valence-corrected chi connectivity index (χ0v) is 12.1. The molecule has 2 rings (SSSR count). The lowest BCUT2D eigenvalue weighted by Crippen LogP contribution is -2.43. The van der Waals surface area contributed by atoms with E-state index in [1.165, 1.54) is 0 Å². The summed E-state index contributed by atoms with van der Waals surface area (Å²) in [7, 11) is 0. The summed E-state index contributed by atoms with van der Waals surface area (Å²) in [4.78, 5) is 11.1. The molecule has 1 aliphatic rings. The first-order valence-electron chi connectivity index (χ1n) is 7.07. The van der Waals surface area contributed by atoms with Crippen molar-refractivity contribution in [1.82, 2.24) is 9.97 Å². The Bertz CT molecular complexity index is 424. The van der Waals surface area contributed by atoms with Gasteiger partial charge in [-0.2, -0.15) is 4.98 Å². The maximum Gasteiger partial charge on any atom is 0.218 e. The van der Waals surface area contributed by atoms with Gasteiger partial charge in [-0.3, -0.25) is 0 Å². The Balaban J connectivity index is 2.17. The molecule has 0 aromatic carbocycles. The van der Waals surface area contributed by atoms with Gasteiger partial charge in [-0.05, 0) is 38.6 Å². The molecule has 2 unspecified atom stereocenters. The molecule has 1 aromatic rings. The molecule has 5 heteroatoms. The summed E-state index contributed by atoms with van der Waals surface area (Å²) in [6, 6.07) is 1.93. The highest BCUT2D eigenvalue weighted by atomic mass is 16.5. The molecule has 1 aliphatic heterocycles. The van der Waals surface area contributed by atoms with E-state index < -0.39 is 0 Å². The van der Waals surface area contributed by atoms with E-state index in [4.69, 9.17) is 10.5 Å². The molecular weight excluding hydrogens is 240 g/mol. The third kappa shape index (κ3) is 3.35. The van der Waals surface area contributed by atoms with E-state index in [0.29, 0.717) is 24.3 Å². The quantitative estimate of drug-likeness (QED) is 0.895. The van der Waals surface area contributed by atoms with Crippen molar-refractivity contribution in [1.29, 1.82) is 0 Å². The second-order valence-electron chi connectivity index (χ2n) is 5.25. The van der Waals surface area contributed by atoms with Gasteiger partial charge in [-0.15, -0.1) is 0 Å². The number of hydrogen-bond acceptors (Lipinski definition) is 5. The van der Waals surface area contributed by atoms with Crippen LogP contribution in [0.1, 0.15) is 26.1 Å². The van der Waals surface area contributed by atoms with E-state index in [2.05, 4.69) is 21.8 Å². The van der Waals surface area contributed by atoms with Crippen LogP contribution in [0.25, 0.3) is 0 Å². The van der Waals surface area contributed by atoms with Crippen molar-refractivity contribution in [2.24, 2.45) is 17.6 Å². The Labute approximate surface area is 115 Å². The molecule has 2 N–H and O–H groups in total. The molecular formula is C14H24N4O. The van der Waals surface area contributed by atoms with Gasteiger partial charge in [0.2, 0.25) is 5.88 Å². The second-order valence-corrected chi connectivity index (χ2v) is 5.25. The van der Waals surface area contributed by atoms with E-state index >= 15 is 0 Å². The van der Waals surface area contributed by atoms with Crippen LogP contribution < -0.4 is 15.4 Å². The summed E-state index contributed by atoms with van der Waals surface area (Å²) in [6.45, 7) is 9.51. The molecule has 19 heavy (non-hydrogen) atoms. The highest BCUT2D eigenvalue weighted by Crippen LogP contribution is 2.27. The molecule has 0 saturated carbocycles. The average molecular weight is 264 g/mol. The lowest BCUT2D eigenvalue weighted by Gasteiger charge is -2.37. The SMILES string of the molecule is CCOc1cc(N2CCC(C)C(CN)C2)nc(C)n1. The lowest BCUT2D eigenvalue weighted by atomic mass is 9.87. The smallest absolute Gasteiger partial charge is 0.218 e. The lowest BCUT2D eigenvalue weighted by molar-refractivity contribution is 0.305. The second kappa shape index (κ2) is 6.19. The van der Waals surface area contributed by atoms with Crippen molar-refractivity contribution < 1.29 is 4.74 Å². The fourth-order valence-electron chi connectivity index (χ4n) is 2.57. The van der Waals surface area contributed by atoms with E-state index in [1.807, 2.05) is 19.9 Å². The fourth-order valence-corrected chi connectivity index (χ4v) is 2.57. The van der Waals surface area contributed by atoms with Crippen LogP contribution in [-0.2, 0) is 0 Å². The Kier molecular flexibility index (Phi) is 4.58. The summed E-state index contributed by atoms with van der Waals surface area (Å²) < 4.78 is 5.49. The number of nitrogens with zero attached hydrogens (tertiary/aromatic N) is 3. The summed E-state index contributed by atoms with van der Waals surface area (Å²) >= 11 is 0. The van der Waals surface area contributed by atoms with Gasteiger partial charge in [-0.25, -0.2) is 4.98 Å². The largest absolute Gasteiger partial charge is 0.478 e. The molecule has 5 nitrogen and oxygen atoms in total. The van der Waals surface area contributed by atoms with Gasteiger partial charge < -0.3 is 15.4 Å². The van der Waals surface area contributed by atoms with Gasteiger partial charge in [-0.1, -0.05) is 6.92 Å². The van der Waals surface area contributed by atoms with Gasteiger partial charge in [0.25, 0.3) is 0 Å². The minimum absolute atomic E-state index is 0.541. The molecule has 0 aliphatic carbocycles. The van der Waals surface area contributed by atoms with E-state index in [-0.39, 0.29) is 0 Å². The maximum absolute atomic E-state index is 5.86. The molecule has 1 fully saturated rings. The van der Waals surface area contributed by atoms with Gasteiger partial charge in [0.05, 0.1) is 6.61 Å². The first-order valence-corrected chi connectivity index (χ1v) is 7.07. The average Bonchev–Trinajstić information content (AvgIpc) is 2.39. The summed E-state index contributed by atoms with van der Waals surface area (Å²) in [5.41, 5.74) is 5.86. The standard InChI is InChI=1S/C14H24N4O/c1-4-19-14-7-13(16-11(3)17-14)18-6-5-10(2)12(8-15)9-18/h7,10,12H,4-6,8-9,15H2,1-3H3. The minimum atomic E-state index is 0.541. The van der Waals surface area contributed by atoms with E-state index in [9.17, 15) is 0 Å². The van der Waals surface area contributed by atoms with Crippen LogP contribution in [0.15, 0.2) is 6.07 Å². The molecule has 1 saturated heterocycles. The molecule has 2 heterocycles. The monoisotopic (exact) mass is 264 g/mol. The van der Waals surface area contributed by atoms with Crippen LogP contribution in [0.5, 0.6) is 5.88 Å². The third-order valence-corrected chi connectivity index (χ3v) is 3.83. The van der Waals surface area contributed by atoms with Crippen LogP contribution >= 0.6 is 0 Å². The van der Waals surface area contributed by atoms with Crippen molar-refractivity contribution in [3.63, 3.8) is 0 Å². The van der Waals surface area contributed by atoms with Gasteiger partial charge in [0, 0.05) is 19.2 Å². The molecule has 0 amide bonds. The Morgan fingerprint density at radius 2 is 2.26 bits per heavy atom. The zero-order chi connectivity index (χ0) is 13.8. The predicted octanol–water partition coefficient (Wildman–Crippen LogP) is 1.60. The Morgan fingerprint density at radius 1 is 1.47 bits per heavy atom. The minimum Gasteiger partial charge on any atom is -0.478 e. The molecule has 0 bridgehead atoms. The number of piperidine rings is 1. The number of ether oxygens (including phenoxy) is 1. The van der Waals surface area contributed by atoms with Crippen molar-refractivity contribution in [2.75, 3.05) is 31.1 Å². The first-order chi connectivity index (χ1) is 9.13. The zero-order valence-electron chi connectivity index (χ0n) is 12.1. The predicted molar refractivity (Wildman–Crippen MR) is 76.5 cm³/mol. The number of aryl methyl sites for hydroxylation is 1. The summed E-state index contributed by atoms with van der Waals surface area (Å²) in [6.07, 6.45) is 1.16. The van der Waals surface area contributed by atoms with Gasteiger partial charge >= 0.3 is 0 Å². The van der Waals surface area contributed by atoms with Gasteiger partial charge in [0.1, 0.15) is 11.6 Å². The van der Waals surface area contributed by atoms with Gasteiger partial charge in [0.15, 0.2) is 0 Å². The van der Waals surface area contributed by atoms with E-state index in [0.717, 1.165) is 37.7 Å². The van der Waals surface area contributed by atoms with Crippen LogP contribution in [0.2, 0.25) is 0 Å². The van der Waals surface area contributed by atoms with Crippen molar-refractivity contribution in [2.45, 2.75) is 27.2 Å². The molecule has 0 radical (unpaired) electrons. The molecule has 2 atom stereocenters. The summed E-state index contributed by atoms with van der Waals surface area (Å²) in [5.74, 6) is 3.60. The topological polar surface area (TPSA) is 64.3 Å².